The zero-order valence-corrected chi connectivity index (χ0v) is 18.9. The summed E-state index contributed by atoms with van der Waals surface area (Å²) in [5.74, 6) is 0. The Morgan fingerprint density at radius 3 is 1.50 bits per heavy atom. The molecule has 0 saturated carbocycles. The molecule has 4 aromatic carbocycles. The first-order valence-electron chi connectivity index (χ1n) is 9.30. The zero-order valence-electron chi connectivity index (χ0n) is 17.3. The van der Waals surface area contributed by atoms with Crippen molar-refractivity contribution in [3.05, 3.63) is 72.8 Å². The van der Waals surface area contributed by atoms with Gasteiger partial charge in [0.05, 0.1) is 9.79 Å². The van der Waals surface area contributed by atoms with Crippen LogP contribution >= 0.6 is 0 Å². The molecule has 0 aliphatic heterocycles. The molecule has 168 valence electrons. The van der Waals surface area contributed by atoms with Crippen molar-refractivity contribution < 1.29 is 25.9 Å². The van der Waals surface area contributed by atoms with Crippen LogP contribution in [0, 0.1) is 0 Å². The van der Waals surface area contributed by atoms with Crippen LogP contribution in [0.15, 0.2) is 82.6 Å². The maximum Gasteiger partial charge on any atom is 0.294 e. The van der Waals surface area contributed by atoms with E-state index in [0.717, 1.165) is 27.2 Å². The summed E-state index contributed by atoms with van der Waals surface area (Å²) in [6.45, 7) is 0. The summed E-state index contributed by atoms with van der Waals surface area (Å²) < 4.78 is 61.6. The van der Waals surface area contributed by atoms with Gasteiger partial charge in [0.1, 0.15) is 0 Å². The van der Waals surface area contributed by atoms with Crippen molar-refractivity contribution in [3.63, 3.8) is 0 Å². The van der Waals surface area contributed by atoms with Crippen molar-refractivity contribution in [2.75, 3.05) is 24.7 Å². The number of anilines is 2. The molecule has 0 saturated heterocycles. The van der Waals surface area contributed by atoms with Crippen LogP contribution in [0.1, 0.15) is 0 Å². The fraction of sp³-hybridized carbons (Fsp3) is 0.0909. The van der Waals surface area contributed by atoms with Crippen LogP contribution in [0.3, 0.4) is 0 Å². The Balaban J connectivity index is 0.000000182. The Bertz CT molecular complexity index is 1510. The summed E-state index contributed by atoms with van der Waals surface area (Å²) in [6.07, 6.45) is 0. The molecular weight excluding hydrogens is 452 g/mol. The Morgan fingerprint density at radius 1 is 0.625 bits per heavy atom. The van der Waals surface area contributed by atoms with Gasteiger partial charge >= 0.3 is 0 Å². The molecule has 0 aliphatic carbocycles. The van der Waals surface area contributed by atoms with E-state index in [4.69, 9.17) is 14.8 Å². The van der Waals surface area contributed by atoms with Crippen LogP contribution in [-0.4, -0.2) is 40.0 Å². The number of hydrogen-bond acceptors (Lipinski definition) is 6. The van der Waals surface area contributed by atoms with Gasteiger partial charge in [0.2, 0.25) is 0 Å². The molecule has 0 atom stereocenters. The predicted octanol–water partition coefficient (Wildman–Crippen LogP) is 3.82. The maximum absolute atomic E-state index is 11.0. The molecule has 0 heterocycles. The summed E-state index contributed by atoms with van der Waals surface area (Å²) in [5.41, 5.74) is 7.23. The molecule has 0 radical (unpaired) electrons. The molecule has 0 aromatic heterocycles. The van der Waals surface area contributed by atoms with Crippen LogP contribution in [-0.2, 0) is 20.2 Å². The van der Waals surface area contributed by atoms with Crippen LogP contribution in [0.2, 0.25) is 0 Å². The first kappa shape index (κ1) is 23.5. The summed E-state index contributed by atoms with van der Waals surface area (Å²) in [6, 6.07) is 19.7. The van der Waals surface area contributed by atoms with Crippen LogP contribution in [0.5, 0.6) is 0 Å². The molecule has 0 amide bonds. The SMILES string of the molecule is CN(C)c1ccc2cc(S(=O)(=O)O)ccc2c1.Nc1ccc2cc(S(=O)(=O)O)ccc2c1. The number of nitrogens with two attached hydrogens (primary N) is 1. The lowest BCUT2D eigenvalue weighted by molar-refractivity contribution is 0.481. The molecule has 8 nitrogen and oxygen atoms in total. The molecule has 0 aliphatic rings. The van der Waals surface area contributed by atoms with Gasteiger partial charge in [-0.25, -0.2) is 0 Å². The van der Waals surface area contributed by atoms with E-state index in [1.165, 1.54) is 24.3 Å². The minimum Gasteiger partial charge on any atom is -0.399 e. The Hall–Kier alpha value is -3.18. The Labute approximate surface area is 186 Å². The van der Waals surface area contributed by atoms with Gasteiger partial charge in [-0.15, -0.1) is 0 Å². The number of benzene rings is 4. The third-order valence-electron chi connectivity index (χ3n) is 4.74. The summed E-state index contributed by atoms with van der Waals surface area (Å²) >= 11 is 0. The molecular formula is C22H22N2O6S2. The fourth-order valence-electron chi connectivity index (χ4n) is 3.05. The van der Waals surface area contributed by atoms with Gasteiger partial charge in [0.15, 0.2) is 0 Å². The van der Waals surface area contributed by atoms with Crippen molar-refractivity contribution in [1.82, 2.24) is 0 Å². The van der Waals surface area contributed by atoms with E-state index in [2.05, 4.69) is 0 Å². The van der Waals surface area contributed by atoms with Crippen molar-refractivity contribution in [3.8, 4) is 0 Å². The van der Waals surface area contributed by atoms with Crippen LogP contribution < -0.4 is 10.6 Å². The van der Waals surface area contributed by atoms with E-state index < -0.39 is 20.2 Å². The Kier molecular flexibility index (Phi) is 6.42. The standard InChI is InChI=1S/C12H13NO3S.C10H9NO3S/c1-13(2)11-5-3-10-8-12(17(14,15)16)6-4-9(10)7-11;11-9-3-1-8-6-10(15(12,13)14)4-2-7(8)5-9/h3-8H,1-2H3,(H,14,15,16);1-6H,11H2,(H,12,13,14). The molecule has 4 N–H and O–H groups in total. The lowest BCUT2D eigenvalue weighted by Crippen LogP contribution is -2.08. The van der Waals surface area contributed by atoms with Gasteiger partial charge in [-0.1, -0.05) is 24.3 Å². The highest BCUT2D eigenvalue weighted by Crippen LogP contribution is 2.24. The van der Waals surface area contributed by atoms with Crippen LogP contribution in [0.25, 0.3) is 21.5 Å². The van der Waals surface area contributed by atoms with Crippen molar-refractivity contribution in [1.29, 1.82) is 0 Å². The van der Waals surface area contributed by atoms with Gasteiger partial charge < -0.3 is 10.6 Å². The average molecular weight is 475 g/mol. The van der Waals surface area contributed by atoms with E-state index >= 15 is 0 Å². The number of rotatable bonds is 3. The predicted molar refractivity (Wildman–Crippen MR) is 126 cm³/mol. The van der Waals surface area contributed by atoms with E-state index in [9.17, 15) is 16.8 Å². The van der Waals surface area contributed by atoms with Gasteiger partial charge in [-0.2, -0.15) is 16.8 Å². The second-order valence-electron chi connectivity index (χ2n) is 7.31. The molecule has 0 spiro atoms. The van der Waals surface area contributed by atoms with Crippen molar-refractivity contribution in [2.45, 2.75) is 9.79 Å². The quantitative estimate of drug-likeness (QED) is 0.301. The molecule has 0 fully saturated rings. The number of nitrogen functional groups attached to an aromatic ring is 1. The maximum atomic E-state index is 11.0. The molecule has 0 bridgehead atoms. The Morgan fingerprint density at radius 2 is 1.03 bits per heavy atom. The first-order valence-corrected chi connectivity index (χ1v) is 12.2. The van der Waals surface area contributed by atoms with E-state index in [1.54, 1.807) is 30.3 Å². The molecule has 4 aromatic rings. The summed E-state index contributed by atoms with van der Waals surface area (Å²) in [5, 5.41) is 3.27. The average Bonchev–Trinajstić information content (AvgIpc) is 2.71. The number of nitrogens with zero attached hydrogens (tertiary/aromatic N) is 1. The molecule has 4 rings (SSSR count). The largest absolute Gasteiger partial charge is 0.399 e. The van der Waals surface area contributed by atoms with E-state index in [-0.39, 0.29) is 9.79 Å². The highest BCUT2D eigenvalue weighted by molar-refractivity contribution is 7.86. The second kappa shape index (κ2) is 8.75. The molecule has 0 unspecified atom stereocenters. The minimum atomic E-state index is -4.14. The summed E-state index contributed by atoms with van der Waals surface area (Å²) in [4.78, 5) is 1.78. The van der Waals surface area contributed by atoms with Gasteiger partial charge in [0, 0.05) is 25.5 Å². The third kappa shape index (κ3) is 5.54. The fourth-order valence-corrected chi connectivity index (χ4v) is 4.08. The summed E-state index contributed by atoms with van der Waals surface area (Å²) in [7, 11) is -4.39. The van der Waals surface area contributed by atoms with Gasteiger partial charge in [0.25, 0.3) is 20.2 Å². The number of hydrogen-bond donors (Lipinski definition) is 3. The molecule has 10 heteroatoms. The van der Waals surface area contributed by atoms with Gasteiger partial charge in [-0.3, -0.25) is 9.11 Å². The highest BCUT2D eigenvalue weighted by atomic mass is 32.2. The van der Waals surface area contributed by atoms with Crippen molar-refractivity contribution >= 4 is 53.2 Å². The lowest BCUT2D eigenvalue weighted by atomic mass is 10.1. The molecule has 32 heavy (non-hydrogen) atoms. The smallest absolute Gasteiger partial charge is 0.294 e. The third-order valence-corrected chi connectivity index (χ3v) is 6.44. The zero-order chi connectivity index (χ0) is 23.7. The first-order chi connectivity index (χ1) is 14.8. The van der Waals surface area contributed by atoms with Crippen molar-refractivity contribution in [2.24, 2.45) is 0 Å². The monoisotopic (exact) mass is 474 g/mol. The highest BCUT2D eigenvalue weighted by Gasteiger charge is 2.10. The van der Waals surface area contributed by atoms with Gasteiger partial charge in [-0.05, 0) is 70.1 Å². The topological polar surface area (TPSA) is 138 Å². The number of fused-ring (bicyclic) bond motifs is 2. The lowest BCUT2D eigenvalue weighted by Gasteiger charge is -2.13. The normalized spacial score (nSPS) is 11.8. The second-order valence-corrected chi connectivity index (χ2v) is 10.1. The minimum absolute atomic E-state index is 0.0809. The van der Waals surface area contributed by atoms with E-state index in [1.807, 2.05) is 37.2 Å². The van der Waals surface area contributed by atoms with E-state index in [0.29, 0.717) is 5.69 Å². The van der Waals surface area contributed by atoms with Crippen LogP contribution in [0.4, 0.5) is 11.4 Å².